The molecule has 1 aliphatic heterocycles. The number of likely N-dealkylation sites (tertiary alicyclic amines) is 1. The Hall–Kier alpha value is -3.15. The number of hydrogen-bond acceptors (Lipinski definition) is 5. The Morgan fingerprint density at radius 3 is 2.59 bits per heavy atom. The molecule has 0 bridgehead atoms. The van der Waals surface area contributed by atoms with Crippen molar-refractivity contribution < 1.29 is 9.21 Å². The molecule has 2 aromatic heterocycles. The molecule has 138 valence electrons. The highest BCUT2D eigenvalue weighted by molar-refractivity contribution is 5.93. The van der Waals surface area contributed by atoms with Crippen LogP contribution in [0.15, 0.2) is 59.2 Å². The molecule has 27 heavy (non-hydrogen) atoms. The number of benzene rings is 1. The second-order valence-electron chi connectivity index (χ2n) is 6.61. The predicted molar refractivity (Wildman–Crippen MR) is 103 cm³/mol. The first kappa shape index (κ1) is 17.3. The van der Waals surface area contributed by atoms with Gasteiger partial charge in [0.1, 0.15) is 17.3 Å². The van der Waals surface area contributed by atoms with E-state index in [0.717, 1.165) is 37.3 Å². The smallest absolute Gasteiger partial charge is 0.272 e. The second kappa shape index (κ2) is 8.03. The normalized spacial score (nSPS) is 14.1. The molecule has 0 atom stereocenters. The third-order valence-corrected chi connectivity index (χ3v) is 4.64. The minimum Gasteiger partial charge on any atom is -0.467 e. The van der Waals surface area contributed by atoms with Crippen molar-refractivity contribution in [2.75, 3.05) is 18.4 Å². The Balaban J connectivity index is 1.64. The second-order valence-corrected chi connectivity index (χ2v) is 6.61. The van der Waals surface area contributed by atoms with Crippen molar-refractivity contribution in [1.29, 1.82) is 0 Å². The van der Waals surface area contributed by atoms with E-state index >= 15 is 0 Å². The van der Waals surface area contributed by atoms with Crippen molar-refractivity contribution in [2.24, 2.45) is 0 Å². The molecule has 6 nitrogen and oxygen atoms in total. The molecule has 0 radical (unpaired) electrons. The van der Waals surface area contributed by atoms with Crippen LogP contribution < -0.4 is 5.32 Å². The Morgan fingerprint density at radius 2 is 1.85 bits per heavy atom. The molecule has 4 rings (SSSR count). The van der Waals surface area contributed by atoms with Gasteiger partial charge < -0.3 is 14.6 Å². The molecular weight excluding hydrogens is 340 g/mol. The molecule has 1 fully saturated rings. The third-order valence-electron chi connectivity index (χ3n) is 4.64. The fourth-order valence-electron chi connectivity index (χ4n) is 3.21. The fourth-order valence-corrected chi connectivity index (χ4v) is 3.21. The summed E-state index contributed by atoms with van der Waals surface area (Å²) in [7, 11) is 0. The summed E-state index contributed by atoms with van der Waals surface area (Å²) in [6.07, 6.45) is 4.91. The lowest BCUT2D eigenvalue weighted by Crippen LogP contribution is -2.36. The lowest BCUT2D eigenvalue weighted by atomic mass is 10.1. The van der Waals surface area contributed by atoms with Crippen molar-refractivity contribution in [1.82, 2.24) is 14.9 Å². The highest BCUT2D eigenvalue weighted by Gasteiger charge is 2.21. The van der Waals surface area contributed by atoms with Crippen LogP contribution in [0.2, 0.25) is 0 Å². The summed E-state index contributed by atoms with van der Waals surface area (Å²) in [5.74, 6) is 1.93. The zero-order chi connectivity index (χ0) is 18.5. The molecule has 1 aromatic carbocycles. The number of furan rings is 1. The first-order chi connectivity index (χ1) is 13.3. The van der Waals surface area contributed by atoms with Gasteiger partial charge in [0, 0.05) is 24.7 Å². The van der Waals surface area contributed by atoms with Crippen LogP contribution in [-0.4, -0.2) is 33.9 Å². The Labute approximate surface area is 158 Å². The third kappa shape index (κ3) is 4.16. The van der Waals surface area contributed by atoms with Crippen LogP contribution in [-0.2, 0) is 6.54 Å². The van der Waals surface area contributed by atoms with E-state index in [4.69, 9.17) is 4.42 Å². The summed E-state index contributed by atoms with van der Waals surface area (Å²) in [4.78, 5) is 24.0. The van der Waals surface area contributed by atoms with Crippen molar-refractivity contribution in [3.8, 4) is 11.4 Å². The number of aromatic nitrogens is 2. The monoisotopic (exact) mass is 362 g/mol. The van der Waals surface area contributed by atoms with Gasteiger partial charge in [-0.1, -0.05) is 30.3 Å². The topological polar surface area (TPSA) is 71.3 Å². The first-order valence-corrected chi connectivity index (χ1v) is 9.29. The number of carbonyl (C=O) groups excluding carboxylic acids is 1. The van der Waals surface area contributed by atoms with E-state index in [1.807, 2.05) is 47.4 Å². The van der Waals surface area contributed by atoms with Crippen LogP contribution >= 0.6 is 0 Å². The number of hydrogen-bond donors (Lipinski definition) is 1. The van der Waals surface area contributed by atoms with Gasteiger partial charge in [0.25, 0.3) is 5.91 Å². The number of nitrogens with one attached hydrogen (secondary N) is 1. The molecule has 0 aliphatic carbocycles. The molecular formula is C21H22N4O2. The average Bonchev–Trinajstić information content (AvgIpc) is 3.26. The number of carbonyl (C=O) groups is 1. The highest BCUT2D eigenvalue weighted by atomic mass is 16.3. The molecule has 6 heteroatoms. The SMILES string of the molecule is O=C(c1cc(NCc2ccco2)nc(-c2ccccc2)n1)N1CCCCC1. The van der Waals surface area contributed by atoms with Gasteiger partial charge in [0.05, 0.1) is 12.8 Å². The van der Waals surface area contributed by atoms with Gasteiger partial charge in [0.2, 0.25) is 0 Å². The summed E-state index contributed by atoms with van der Waals surface area (Å²) in [6.45, 7) is 2.08. The standard InChI is InChI=1S/C21H22N4O2/c26-21(25-11-5-2-6-12-25)18-14-19(22-15-17-10-7-13-27-17)24-20(23-18)16-8-3-1-4-9-16/h1,3-4,7-10,13-14H,2,5-6,11-12,15H2,(H,22,23,24). The van der Waals surface area contributed by atoms with Crippen molar-refractivity contribution in [3.63, 3.8) is 0 Å². The van der Waals surface area contributed by atoms with Gasteiger partial charge >= 0.3 is 0 Å². The van der Waals surface area contributed by atoms with Crippen LogP contribution in [0.5, 0.6) is 0 Å². The van der Waals surface area contributed by atoms with E-state index in [2.05, 4.69) is 15.3 Å². The molecule has 1 aliphatic rings. The van der Waals surface area contributed by atoms with Crippen LogP contribution in [0, 0.1) is 0 Å². The maximum Gasteiger partial charge on any atom is 0.272 e. The minimum absolute atomic E-state index is 0.0321. The number of nitrogens with zero attached hydrogens (tertiary/aromatic N) is 3. The van der Waals surface area contributed by atoms with E-state index < -0.39 is 0 Å². The van der Waals surface area contributed by atoms with E-state index in [9.17, 15) is 4.79 Å². The number of rotatable bonds is 5. The summed E-state index contributed by atoms with van der Waals surface area (Å²) >= 11 is 0. The van der Waals surface area contributed by atoms with E-state index in [0.29, 0.717) is 23.9 Å². The van der Waals surface area contributed by atoms with Crippen LogP contribution in [0.25, 0.3) is 11.4 Å². The number of anilines is 1. The fraction of sp³-hybridized carbons (Fsp3) is 0.286. The summed E-state index contributed by atoms with van der Waals surface area (Å²) in [5.41, 5.74) is 1.31. The molecule has 0 spiro atoms. The van der Waals surface area contributed by atoms with Crippen LogP contribution in [0.4, 0.5) is 5.82 Å². The van der Waals surface area contributed by atoms with Crippen molar-refractivity contribution in [3.05, 3.63) is 66.2 Å². The molecule has 3 heterocycles. The van der Waals surface area contributed by atoms with E-state index in [1.165, 1.54) is 6.42 Å². The molecule has 1 amide bonds. The zero-order valence-corrected chi connectivity index (χ0v) is 15.1. The van der Waals surface area contributed by atoms with Gasteiger partial charge in [-0.15, -0.1) is 0 Å². The zero-order valence-electron chi connectivity index (χ0n) is 15.1. The molecule has 3 aromatic rings. The molecule has 0 unspecified atom stereocenters. The van der Waals surface area contributed by atoms with Gasteiger partial charge in [-0.25, -0.2) is 9.97 Å². The van der Waals surface area contributed by atoms with Crippen LogP contribution in [0.1, 0.15) is 35.5 Å². The molecule has 1 N–H and O–H groups in total. The van der Waals surface area contributed by atoms with Gasteiger partial charge in [-0.2, -0.15) is 0 Å². The summed E-state index contributed by atoms with van der Waals surface area (Å²) < 4.78 is 5.36. The maximum absolute atomic E-state index is 13.0. The lowest BCUT2D eigenvalue weighted by molar-refractivity contribution is 0.0718. The summed E-state index contributed by atoms with van der Waals surface area (Å²) in [6, 6.07) is 15.2. The van der Waals surface area contributed by atoms with Gasteiger partial charge in [-0.05, 0) is 31.4 Å². The lowest BCUT2D eigenvalue weighted by Gasteiger charge is -2.26. The number of amides is 1. The minimum atomic E-state index is -0.0321. The number of piperidine rings is 1. The quantitative estimate of drug-likeness (QED) is 0.743. The van der Waals surface area contributed by atoms with Gasteiger partial charge in [0.15, 0.2) is 5.82 Å². The maximum atomic E-state index is 13.0. The Kier molecular flexibility index (Phi) is 5.14. The predicted octanol–water partition coefficient (Wildman–Crippen LogP) is 3.97. The van der Waals surface area contributed by atoms with Crippen molar-refractivity contribution in [2.45, 2.75) is 25.8 Å². The van der Waals surface area contributed by atoms with E-state index in [1.54, 1.807) is 12.3 Å². The van der Waals surface area contributed by atoms with Crippen molar-refractivity contribution >= 4 is 11.7 Å². The average molecular weight is 362 g/mol. The van der Waals surface area contributed by atoms with E-state index in [-0.39, 0.29) is 5.91 Å². The summed E-state index contributed by atoms with van der Waals surface area (Å²) in [5, 5.41) is 3.24. The largest absolute Gasteiger partial charge is 0.467 e. The van der Waals surface area contributed by atoms with Gasteiger partial charge in [-0.3, -0.25) is 4.79 Å². The molecule has 1 saturated heterocycles. The van der Waals surface area contributed by atoms with Crippen LogP contribution in [0.3, 0.4) is 0 Å². The molecule has 0 saturated carbocycles. The Morgan fingerprint density at radius 1 is 1.04 bits per heavy atom. The Bertz CT molecular complexity index is 888. The highest BCUT2D eigenvalue weighted by Crippen LogP contribution is 2.20. The first-order valence-electron chi connectivity index (χ1n) is 9.29.